The Hall–Kier alpha value is -2.25. The molecule has 0 atom stereocenters. The quantitative estimate of drug-likeness (QED) is 0.671. The number of nitrogens with zero attached hydrogens (tertiary/aromatic N) is 3. The largest absolute Gasteiger partial charge is 0.375 e. The van der Waals surface area contributed by atoms with Crippen molar-refractivity contribution < 1.29 is 13.0 Å². The zero-order valence-electron chi connectivity index (χ0n) is 12.3. The summed E-state index contributed by atoms with van der Waals surface area (Å²) >= 11 is 0. The Labute approximate surface area is 129 Å². The summed E-state index contributed by atoms with van der Waals surface area (Å²) in [4.78, 5) is 1.94. The topological polar surface area (TPSA) is 82.3 Å². The zero-order chi connectivity index (χ0) is 16.2. The van der Waals surface area contributed by atoms with Crippen LogP contribution in [0.3, 0.4) is 0 Å². The van der Waals surface area contributed by atoms with Gasteiger partial charge in [0.05, 0.1) is 16.3 Å². The SMILES string of the molecule is CCN(C)c1ccc(N=Nc2ccc(S(=O)(=O)O)cc2)cc1. The molecule has 0 unspecified atom stereocenters. The van der Waals surface area contributed by atoms with Gasteiger partial charge in [0, 0.05) is 19.3 Å². The average molecular weight is 319 g/mol. The third-order valence-corrected chi connectivity index (χ3v) is 4.05. The third kappa shape index (κ3) is 4.12. The smallest absolute Gasteiger partial charge is 0.294 e. The normalized spacial score (nSPS) is 11.8. The Morgan fingerprint density at radius 1 is 0.955 bits per heavy atom. The van der Waals surface area contributed by atoms with E-state index in [0.29, 0.717) is 11.4 Å². The molecular formula is C15H17N3O3S. The first-order valence-electron chi connectivity index (χ1n) is 6.70. The second-order valence-electron chi connectivity index (χ2n) is 4.70. The van der Waals surface area contributed by atoms with Gasteiger partial charge in [0.15, 0.2) is 0 Å². The molecule has 2 rings (SSSR count). The lowest BCUT2D eigenvalue weighted by Crippen LogP contribution is -2.15. The number of rotatable bonds is 5. The molecule has 0 bridgehead atoms. The first-order valence-corrected chi connectivity index (χ1v) is 8.14. The van der Waals surface area contributed by atoms with E-state index >= 15 is 0 Å². The van der Waals surface area contributed by atoms with Crippen molar-refractivity contribution in [2.75, 3.05) is 18.5 Å². The zero-order valence-corrected chi connectivity index (χ0v) is 13.2. The van der Waals surface area contributed by atoms with Crippen molar-refractivity contribution in [3.63, 3.8) is 0 Å². The molecule has 0 aliphatic heterocycles. The van der Waals surface area contributed by atoms with E-state index in [-0.39, 0.29) is 4.90 Å². The minimum atomic E-state index is -4.18. The minimum absolute atomic E-state index is 0.168. The van der Waals surface area contributed by atoms with Gasteiger partial charge in [0.1, 0.15) is 0 Å². The third-order valence-electron chi connectivity index (χ3n) is 3.18. The number of azo groups is 1. The molecular weight excluding hydrogens is 302 g/mol. The molecule has 2 aromatic rings. The predicted molar refractivity (Wildman–Crippen MR) is 85.8 cm³/mol. The van der Waals surface area contributed by atoms with Crippen LogP contribution in [-0.4, -0.2) is 26.6 Å². The van der Waals surface area contributed by atoms with Gasteiger partial charge in [-0.3, -0.25) is 4.55 Å². The van der Waals surface area contributed by atoms with Crippen LogP contribution in [-0.2, 0) is 10.1 Å². The van der Waals surface area contributed by atoms with Crippen LogP contribution in [0.1, 0.15) is 6.92 Å². The number of benzene rings is 2. The van der Waals surface area contributed by atoms with Gasteiger partial charge in [-0.1, -0.05) is 0 Å². The van der Waals surface area contributed by atoms with Gasteiger partial charge in [-0.05, 0) is 55.5 Å². The van der Waals surface area contributed by atoms with Crippen LogP contribution in [0, 0.1) is 0 Å². The van der Waals surface area contributed by atoms with Gasteiger partial charge in [-0.15, -0.1) is 0 Å². The Morgan fingerprint density at radius 2 is 1.41 bits per heavy atom. The molecule has 0 spiro atoms. The van der Waals surface area contributed by atoms with Gasteiger partial charge in [-0.2, -0.15) is 18.6 Å². The predicted octanol–water partition coefficient (Wildman–Crippen LogP) is 3.80. The van der Waals surface area contributed by atoms with E-state index in [2.05, 4.69) is 22.1 Å². The fraction of sp³-hybridized carbons (Fsp3) is 0.200. The van der Waals surface area contributed by atoms with E-state index in [4.69, 9.17) is 4.55 Å². The standard InChI is InChI=1S/C15H17N3O3S/c1-3-18(2)14-8-4-12(5-9-14)16-17-13-6-10-15(11-7-13)22(19,20)21/h4-11H,3H2,1-2H3,(H,19,20,21). The molecule has 0 amide bonds. The van der Waals surface area contributed by atoms with Crippen LogP contribution >= 0.6 is 0 Å². The van der Waals surface area contributed by atoms with Crippen molar-refractivity contribution in [2.24, 2.45) is 10.2 Å². The van der Waals surface area contributed by atoms with Gasteiger partial charge in [0.25, 0.3) is 10.1 Å². The lowest BCUT2D eigenvalue weighted by atomic mass is 10.2. The van der Waals surface area contributed by atoms with E-state index in [0.717, 1.165) is 12.2 Å². The fourth-order valence-corrected chi connectivity index (χ4v) is 2.24. The molecule has 7 heteroatoms. The van der Waals surface area contributed by atoms with Crippen LogP contribution in [0.2, 0.25) is 0 Å². The summed E-state index contributed by atoms with van der Waals surface area (Å²) in [6.45, 7) is 2.99. The lowest BCUT2D eigenvalue weighted by molar-refractivity contribution is 0.483. The molecule has 0 aliphatic rings. The maximum Gasteiger partial charge on any atom is 0.294 e. The van der Waals surface area contributed by atoms with Crippen molar-refractivity contribution >= 4 is 27.2 Å². The Kier molecular flexibility index (Phi) is 4.89. The summed E-state index contributed by atoms with van der Waals surface area (Å²) in [5, 5.41) is 8.12. The summed E-state index contributed by atoms with van der Waals surface area (Å²) in [6, 6.07) is 13.2. The highest BCUT2D eigenvalue weighted by Crippen LogP contribution is 2.22. The maximum absolute atomic E-state index is 10.9. The molecule has 0 aliphatic carbocycles. The molecule has 1 N–H and O–H groups in total. The van der Waals surface area contributed by atoms with Crippen molar-refractivity contribution in [1.29, 1.82) is 0 Å². The monoisotopic (exact) mass is 319 g/mol. The first-order chi connectivity index (χ1) is 10.4. The Morgan fingerprint density at radius 3 is 1.82 bits per heavy atom. The summed E-state index contributed by atoms with van der Waals surface area (Å²) in [5.74, 6) is 0. The average Bonchev–Trinajstić information content (AvgIpc) is 2.52. The molecule has 0 fully saturated rings. The van der Waals surface area contributed by atoms with Crippen molar-refractivity contribution in [1.82, 2.24) is 0 Å². The first kappa shape index (κ1) is 16.1. The van der Waals surface area contributed by atoms with Crippen LogP contribution in [0.4, 0.5) is 17.1 Å². The van der Waals surface area contributed by atoms with E-state index in [1.807, 2.05) is 31.3 Å². The van der Waals surface area contributed by atoms with E-state index < -0.39 is 10.1 Å². The molecule has 0 heterocycles. The van der Waals surface area contributed by atoms with Crippen molar-refractivity contribution in [3.05, 3.63) is 48.5 Å². The van der Waals surface area contributed by atoms with Crippen LogP contribution < -0.4 is 4.90 Å². The summed E-state index contributed by atoms with van der Waals surface area (Å²) < 4.78 is 30.8. The van der Waals surface area contributed by atoms with Gasteiger partial charge in [-0.25, -0.2) is 0 Å². The van der Waals surface area contributed by atoms with Crippen LogP contribution in [0.25, 0.3) is 0 Å². The second-order valence-corrected chi connectivity index (χ2v) is 6.12. The number of hydrogen-bond donors (Lipinski definition) is 1. The van der Waals surface area contributed by atoms with Crippen molar-refractivity contribution in [3.8, 4) is 0 Å². The highest BCUT2D eigenvalue weighted by Gasteiger charge is 2.08. The molecule has 116 valence electrons. The highest BCUT2D eigenvalue weighted by atomic mass is 32.2. The fourth-order valence-electron chi connectivity index (χ4n) is 1.76. The molecule has 0 aromatic heterocycles. The molecule has 0 saturated carbocycles. The number of anilines is 1. The van der Waals surface area contributed by atoms with Crippen LogP contribution in [0.5, 0.6) is 0 Å². The summed E-state index contributed by atoms with van der Waals surface area (Å²) in [7, 11) is -2.17. The Balaban J connectivity index is 2.11. The van der Waals surface area contributed by atoms with E-state index in [1.165, 1.54) is 24.3 Å². The summed E-state index contributed by atoms with van der Waals surface area (Å²) in [6.07, 6.45) is 0. The molecule has 0 saturated heterocycles. The van der Waals surface area contributed by atoms with Crippen molar-refractivity contribution in [2.45, 2.75) is 11.8 Å². The molecule has 2 aromatic carbocycles. The molecule has 0 radical (unpaired) electrons. The Bertz CT molecular complexity index is 754. The minimum Gasteiger partial charge on any atom is -0.375 e. The van der Waals surface area contributed by atoms with Gasteiger partial charge >= 0.3 is 0 Å². The van der Waals surface area contributed by atoms with E-state index in [9.17, 15) is 8.42 Å². The maximum atomic E-state index is 10.9. The second kappa shape index (κ2) is 6.67. The highest BCUT2D eigenvalue weighted by molar-refractivity contribution is 7.85. The van der Waals surface area contributed by atoms with E-state index in [1.54, 1.807) is 0 Å². The van der Waals surface area contributed by atoms with Gasteiger partial charge in [0.2, 0.25) is 0 Å². The summed E-state index contributed by atoms with van der Waals surface area (Å²) in [5.41, 5.74) is 2.30. The van der Waals surface area contributed by atoms with Crippen LogP contribution in [0.15, 0.2) is 63.7 Å². The number of hydrogen-bond acceptors (Lipinski definition) is 5. The van der Waals surface area contributed by atoms with Gasteiger partial charge < -0.3 is 4.90 Å². The lowest BCUT2D eigenvalue weighted by Gasteiger charge is -2.16. The molecule has 6 nitrogen and oxygen atoms in total. The molecule has 22 heavy (non-hydrogen) atoms.